The van der Waals surface area contributed by atoms with E-state index in [-0.39, 0.29) is 6.04 Å². The lowest BCUT2D eigenvalue weighted by atomic mass is 9.87. The Labute approximate surface area is 207 Å². The van der Waals surface area contributed by atoms with Crippen LogP contribution in [-0.2, 0) is 0 Å². The molecule has 0 spiro atoms. The van der Waals surface area contributed by atoms with E-state index in [0.29, 0.717) is 29.1 Å². The highest BCUT2D eigenvalue weighted by Crippen LogP contribution is 2.45. The fourth-order valence-corrected chi connectivity index (χ4v) is 11.8. The van der Waals surface area contributed by atoms with Crippen molar-refractivity contribution in [2.24, 2.45) is 0 Å². The van der Waals surface area contributed by atoms with E-state index in [0.717, 1.165) is 43.0 Å². The summed E-state index contributed by atoms with van der Waals surface area (Å²) in [6.45, 7) is 16.3. The molecule has 34 heavy (non-hydrogen) atoms. The maximum absolute atomic E-state index is 11.3. The maximum Gasteiger partial charge on any atom is 0.258 e. The highest BCUT2D eigenvalue weighted by atomic mass is 28.4. The van der Waals surface area contributed by atoms with Gasteiger partial charge in [0, 0.05) is 11.6 Å². The van der Waals surface area contributed by atoms with Crippen LogP contribution in [0.4, 0.5) is 0 Å². The average Bonchev–Trinajstić information content (AvgIpc) is 2.83. The molecule has 0 saturated carbocycles. The molecule has 0 bridgehead atoms. The van der Waals surface area contributed by atoms with Crippen LogP contribution in [0.3, 0.4) is 0 Å². The van der Waals surface area contributed by atoms with Crippen LogP contribution in [0.2, 0.25) is 16.6 Å². The van der Waals surface area contributed by atoms with Crippen LogP contribution in [0.15, 0.2) is 48.5 Å². The van der Waals surface area contributed by atoms with Gasteiger partial charge in [-0.3, -0.25) is 4.90 Å². The lowest BCUT2D eigenvalue weighted by molar-refractivity contribution is -0.00673. The number of aliphatic hydroxyl groups excluding tert-OH is 1. The number of benzene rings is 2. The number of aliphatic hydroxyl groups is 1. The smallest absolute Gasteiger partial charge is 0.258 e. The van der Waals surface area contributed by atoms with Crippen molar-refractivity contribution >= 4 is 8.32 Å². The van der Waals surface area contributed by atoms with Gasteiger partial charge in [0.2, 0.25) is 0 Å². The number of piperidine rings is 1. The van der Waals surface area contributed by atoms with E-state index in [1.807, 2.05) is 18.2 Å². The first-order valence-corrected chi connectivity index (χ1v) is 15.3. The van der Waals surface area contributed by atoms with Gasteiger partial charge in [-0.2, -0.15) is 0 Å². The molecule has 2 aliphatic heterocycles. The molecule has 1 N–H and O–H groups in total. The van der Waals surface area contributed by atoms with E-state index in [1.54, 1.807) is 0 Å². The lowest BCUT2D eigenvalue weighted by Crippen LogP contribution is -2.50. The van der Waals surface area contributed by atoms with Crippen molar-refractivity contribution in [3.8, 4) is 11.5 Å². The highest BCUT2D eigenvalue weighted by molar-refractivity contribution is 6.78. The third kappa shape index (κ3) is 4.80. The van der Waals surface area contributed by atoms with Crippen LogP contribution in [-0.4, -0.2) is 44.1 Å². The molecular weight excluding hydrogens is 438 g/mol. The predicted octanol–water partition coefficient (Wildman–Crippen LogP) is 6.91. The first-order valence-electron chi connectivity index (χ1n) is 13.2. The van der Waals surface area contributed by atoms with Crippen molar-refractivity contribution in [2.75, 3.05) is 19.7 Å². The monoisotopic (exact) mass is 481 g/mol. The molecule has 4 nitrogen and oxygen atoms in total. The topological polar surface area (TPSA) is 41.9 Å². The fraction of sp³-hybridized carbons (Fsp3) is 0.586. The minimum Gasteiger partial charge on any atom is -0.543 e. The van der Waals surface area contributed by atoms with Gasteiger partial charge in [0.1, 0.15) is 24.2 Å². The minimum absolute atomic E-state index is 0.00597. The summed E-state index contributed by atoms with van der Waals surface area (Å²) in [7, 11) is -2.03. The van der Waals surface area contributed by atoms with Crippen molar-refractivity contribution in [3.05, 3.63) is 59.7 Å². The van der Waals surface area contributed by atoms with Crippen LogP contribution in [0.1, 0.15) is 77.5 Å². The van der Waals surface area contributed by atoms with Crippen molar-refractivity contribution in [1.29, 1.82) is 0 Å². The van der Waals surface area contributed by atoms with Crippen LogP contribution in [0.5, 0.6) is 11.5 Å². The van der Waals surface area contributed by atoms with E-state index in [4.69, 9.17) is 9.16 Å². The van der Waals surface area contributed by atoms with Crippen molar-refractivity contribution in [2.45, 2.75) is 89.1 Å². The molecule has 0 aliphatic carbocycles. The van der Waals surface area contributed by atoms with Gasteiger partial charge in [0.05, 0.1) is 6.04 Å². The molecule has 2 aliphatic rings. The standard InChI is InChI=1S/C29H43NO3Si/c1-20(2)34(21(3)4,22(5)6)33-25-12-13-26-28(18-25)32-19-27(29(26)31)30-16-14-24(15-17-30)23-10-8-7-9-11-23/h7-13,18,20-22,24,27,29,31H,14-17,19H2,1-6H3. The summed E-state index contributed by atoms with van der Waals surface area (Å²) in [4.78, 5) is 2.42. The molecule has 4 rings (SSSR count). The molecule has 2 aromatic carbocycles. The van der Waals surface area contributed by atoms with Gasteiger partial charge in [-0.25, -0.2) is 0 Å². The van der Waals surface area contributed by atoms with E-state index in [1.165, 1.54) is 5.56 Å². The first kappa shape index (κ1) is 25.3. The third-order valence-corrected chi connectivity index (χ3v) is 14.4. The Kier molecular flexibility index (Phi) is 7.75. The van der Waals surface area contributed by atoms with Crippen molar-refractivity contribution in [1.82, 2.24) is 4.90 Å². The summed E-state index contributed by atoms with van der Waals surface area (Å²) in [5.41, 5.74) is 3.86. The van der Waals surface area contributed by atoms with Gasteiger partial charge in [0.25, 0.3) is 8.32 Å². The fourth-order valence-electron chi connectivity index (χ4n) is 6.57. The summed E-state index contributed by atoms with van der Waals surface area (Å²) in [5.74, 6) is 2.27. The summed E-state index contributed by atoms with van der Waals surface area (Å²) < 4.78 is 13.1. The summed E-state index contributed by atoms with van der Waals surface area (Å²) >= 11 is 0. The Morgan fingerprint density at radius 3 is 2.12 bits per heavy atom. The number of hydrogen-bond acceptors (Lipinski definition) is 4. The van der Waals surface area contributed by atoms with Gasteiger partial charge in [-0.1, -0.05) is 71.9 Å². The first-order chi connectivity index (χ1) is 16.2. The second kappa shape index (κ2) is 10.4. The van der Waals surface area contributed by atoms with E-state index < -0.39 is 14.4 Å². The Morgan fingerprint density at radius 2 is 1.53 bits per heavy atom. The zero-order chi connectivity index (χ0) is 24.5. The molecule has 2 atom stereocenters. The molecule has 0 amide bonds. The average molecular weight is 482 g/mol. The van der Waals surface area contributed by atoms with Gasteiger partial charge >= 0.3 is 0 Å². The second-order valence-electron chi connectivity index (χ2n) is 11.2. The Morgan fingerprint density at radius 1 is 0.912 bits per heavy atom. The van der Waals surface area contributed by atoms with Crippen molar-refractivity contribution in [3.63, 3.8) is 0 Å². The molecular formula is C29H43NO3Si. The summed E-state index contributed by atoms with van der Waals surface area (Å²) in [5, 5.41) is 11.3. The molecule has 1 saturated heterocycles. The Hall–Kier alpha value is -1.82. The van der Waals surface area contributed by atoms with Crippen molar-refractivity contribution < 1.29 is 14.3 Å². The van der Waals surface area contributed by atoms with E-state index in [2.05, 4.69) is 76.8 Å². The number of rotatable bonds is 7. The zero-order valence-corrected chi connectivity index (χ0v) is 22.8. The zero-order valence-electron chi connectivity index (χ0n) is 21.8. The van der Waals surface area contributed by atoms with Gasteiger partial charge in [-0.05, 0) is 66.2 Å². The summed E-state index contributed by atoms with van der Waals surface area (Å²) in [6.07, 6.45) is 1.71. The van der Waals surface area contributed by atoms with E-state index in [9.17, 15) is 5.11 Å². The second-order valence-corrected chi connectivity index (χ2v) is 16.5. The SMILES string of the molecule is CC(C)[Si](Oc1ccc2c(c1)OCC(N1CCC(c3ccccc3)CC1)C2O)(C(C)C)C(C)C. The number of fused-ring (bicyclic) bond motifs is 1. The van der Waals surface area contributed by atoms with E-state index >= 15 is 0 Å². The molecule has 186 valence electrons. The summed E-state index contributed by atoms with van der Waals surface area (Å²) in [6, 6.07) is 16.9. The van der Waals surface area contributed by atoms with Crippen LogP contribution >= 0.6 is 0 Å². The molecule has 0 radical (unpaired) electrons. The minimum atomic E-state index is -2.03. The maximum atomic E-state index is 11.3. The number of ether oxygens (including phenoxy) is 1. The Bertz CT molecular complexity index is 916. The van der Waals surface area contributed by atoms with Crippen LogP contribution in [0.25, 0.3) is 0 Å². The molecule has 1 fully saturated rings. The number of nitrogens with zero attached hydrogens (tertiary/aromatic N) is 1. The van der Waals surface area contributed by atoms with Gasteiger partial charge in [-0.15, -0.1) is 0 Å². The molecule has 5 heteroatoms. The number of hydrogen-bond donors (Lipinski definition) is 1. The quantitative estimate of drug-likeness (QED) is 0.436. The predicted molar refractivity (Wildman–Crippen MR) is 142 cm³/mol. The molecule has 2 unspecified atom stereocenters. The highest BCUT2D eigenvalue weighted by Gasteiger charge is 2.47. The molecule has 0 aromatic heterocycles. The van der Waals surface area contributed by atoms with Crippen LogP contribution < -0.4 is 9.16 Å². The Balaban J connectivity index is 1.45. The molecule has 2 aromatic rings. The third-order valence-electron chi connectivity index (χ3n) is 8.35. The van der Waals surface area contributed by atoms with Gasteiger partial charge < -0.3 is 14.3 Å². The van der Waals surface area contributed by atoms with Crippen LogP contribution in [0, 0.1) is 0 Å². The van der Waals surface area contributed by atoms with Gasteiger partial charge in [0.15, 0.2) is 0 Å². The number of likely N-dealkylation sites (tertiary alicyclic amines) is 1. The largest absolute Gasteiger partial charge is 0.543 e. The normalized spacial score (nSPS) is 22.2. The molecule has 2 heterocycles. The lowest BCUT2D eigenvalue weighted by Gasteiger charge is -2.43.